The van der Waals surface area contributed by atoms with Crippen LogP contribution in [0.25, 0.3) is 0 Å². The number of hydrogen-bond acceptors (Lipinski definition) is 2. The summed E-state index contributed by atoms with van der Waals surface area (Å²) in [4.78, 5) is 0. The Kier molecular flexibility index (Phi) is 7.40. The fraction of sp³-hybridized carbons (Fsp3) is 0.667. The van der Waals surface area contributed by atoms with E-state index in [4.69, 9.17) is 11.6 Å². The van der Waals surface area contributed by atoms with Crippen LogP contribution in [0, 0.1) is 0 Å². The Labute approximate surface area is 70.4 Å². The van der Waals surface area contributed by atoms with Gasteiger partial charge in [-0.05, 0) is 23.8 Å². The summed E-state index contributed by atoms with van der Waals surface area (Å²) in [5.41, 5.74) is 0. The SMILES string of the molecule is CCCS/C(Cl)=C\SC. The maximum atomic E-state index is 5.76. The van der Waals surface area contributed by atoms with Gasteiger partial charge in [-0.3, -0.25) is 0 Å². The molecule has 0 N–H and O–H groups in total. The van der Waals surface area contributed by atoms with Gasteiger partial charge in [-0.25, -0.2) is 0 Å². The van der Waals surface area contributed by atoms with Crippen LogP contribution in [0.1, 0.15) is 13.3 Å². The van der Waals surface area contributed by atoms with Gasteiger partial charge in [0.05, 0.1) is 4.36 Å². The monoisotopic (exact) mass is 182 g/mol. The summed E-state index contributed by atoms with van der Waals surface area (Å²) in [7, 11) is 0. The molecule has 0 aromatic carbocycles. The molecule has 0 rings (SSSR count). The average molecular weight is 183 g/mol. The van der Waals surface area contributed by atoms with Gasteiger partial charge in [-0.15, -0.1) is 23.5 Å². The van der Waals surface area contributed by atoms with E-state index < -0.39 is 0 Å². The normalized spacial score (nSPS) is 12.1. The molecule has 9 heavy (non-hydrogen) atoms. The lowest BCUT2D eigenvalue weighted by atomic mass is 10.6. The molecule has 0 saturated carbocycles. The number of thioether (sulfide) groups is 2. The molecule has 0 fully saturated rings. The highest BCUT2D eigenvalue weighted by molar-refractivity contribution is 8.07. The molecular weight excluding hydrogens is 172 g/mol. The Morgan fingerprint density at radius 1 is 1.67 bits per heavy atom. The van der Waals surface area contributed by atoms with Gasteiger partial charge < -0.3 is 0 Å². The van der Waals surface area contributed by atoms with Crippen molar-refractivity contribution in [2.24, 2.45) is 0 Å². The number of hydrogen-bond donors (Lipinski definition) is 0. The third kappa shape index (κ3) is 6.62. The number of halogens is 1. The van der Waals surface area contributed by atoms with E-state index in [0.29, 0.717) is 0 Å². The molecule has 0 amide bonds. The van der Waals surface area contributed by atoms with Crippen molar-refractivity contribution in [1.29, 1.82) is 0 Å². The van der Waals surface area contributed by atoms with E-state index in [1.807, 2.05) is 11.7 Å². The Hall–Kier alpha value is 0.730. The van der Waals surface area contributed by atoms with Crippen molar-refractivity contribution in [3.63, 3.8) is 0 Å². The summed E-state index contributed by atoms with van der Waals surface area (Å²) >= 11 is 9.11. The molecule has 0 heterocycles. The molecule has 0 spiro atoms. The van der Waals surface area contributed by atoms with Crippen molar-refractivity contribution in [2.75, 3.05) is 12.0 Å². The summed E-state index contributed by atoms with van der Waals surface area (Å²) in [6.07, 6.45) is 3.19. The average Bonchev–Trinajstić information content (AvgIpc) is 1.85. The molecule has 0 aromatic rings. The molecule has 0 bridgehead atoms. The second-order valence-electron chi connectivity index (χ2n) is 1.51. The molecule has 0 saturated heterocycles. The minimum Gasteiger partial charge on any atom is -0.135 e. The Morgan fingerprint density at radius 2 is 2.33 bits per heavy atom. The van der Waals surface area contributed by atoms with Crippen LogP contribution in [0.15, 0.2) is 9.77 Å². The molecular formula is C6H11ClS2. The van der Waals surface area contributed by atoms with Crippen LogP contribution in [0.5, 0.6) is 0 Å². The molecule has 0 atom stereocenters. The predicted octanol–water partition coefficient (Wildman–Crippen LogP) is 3.53. The Balaban J connectivity index is 3.25. The van der Waals surface area contributed by atoms with E-state index >= 15 is 0 Å². The minimum absolute atomic E-state index is 0.907. The molecule has 0 aliphatic rings. The zero-order valence-electron chi connectivity index (χ0n) is 5.69. The van der Waals surface area contributed by atoms with Gasteiger partial charge in [-0.1, -0.05) is 18.5 Å². The fourth-order valence-electron chi connectivity index (χ4n) is 0.326. The first kappa shape index (κ1) is 9.73. The fourth-order valence-corrected chi connectivity index (χ4v) is 1.97. The quantitative estimate of drug-likeness (QED) is 0.653. The first-order chi connectivity index (χ1) is 4.31. The maximum Gasteiger partial charge on any atom is 0.0797 e. The standard InChI is InChI=1S/C6H11ClS2/c1-3-4-9-6(7)5-8-2/h5H,3-4H2,1-2H3/b6-5-. The van der Waals surface area contributed by atoms with Crippen LogP contribution in [-0.4, -0.2) is 12.0 Å². The molecule has 0 aliphatic carbocycles. The number of rotatable bonds is 4. The minimum atomic E-state index is 0.907. The summed E-state index contributed by atoms with van der Waals surface area (Å²) in [6.45, 7) is 2.15. The van der Waals surface area contributed by atoms with E-state index in [-0.39, 0.29) is 0 Å². The van der Waals surface area contributed by atoms with Crippen LogP contribution in [-0.2, 0) is 0 Å². The van der Waals surface area contributed by atoms with Crippen LogP contribution in [0.2, 0.25) is 0 Å². The van der Waals surface area contributed by atoms with Crippen molar-refractivity contribution < 1.29 is 0 Å². The van der Waals surface area contributed by atoms with Crippen LogP contribution < -0.4 is 0 Å². The lowest BCUT2D eigenvalue weighted by Gasteiger charge is -1.93. The first-order valence-electron chi connectivity index (χ1n) is 2.82. The molecule has 0 aromatic heterocycles. The zero-order valence-corrected chi connectivity index (χ0v) is 8.07. The van der Waals surface area contributed by atoms with Gasteiger partial charge in [0, 0.05) is 0 Å². The second-order valence-corrected chi connectivity index (χ2v) is 3.98. The van der Waals surface area contributed by atoms with Crippen molar-refractivity contribution in [3.8, 4) is 0 Å². The summed E-state index contributed by atoms with van der Waals surface area (Å²) < 4.78 is 0.907. The predicted molar refractivity (Wildman–Crippen MR) is 50.2 cm³/mol. The topological polar surface area (TPSA) is 0 Å². The van der Waals surface area contributed by atoms with E-state index in [2.05, 4.69) is 6.92 Å². The van der Waals surface area contributed by atoms with Gasteiger partial charge >= 0.3 is 0 Å². The van der Waals surface area contributed by atoms with Crippen molar-refractivity contribution in [1.82, 2.24) is 0 Å². The van der Waals surface area contributed by atoms with E-state index in [9.17, 15) is 0 Å². The largest absolute Gasteiger partial charge is 0.135 e. The lowest BCUT2D eigenvalue weighted by Crippen LogP contribution is -1.70. The van der Waals surface area contributed by atoms with Crippen molar-refractivity contribution in [3.05, 3.63) is 9.77 Å². The molecule has 0 aliphatic heterocycles. The summed E-state index contributed by atoms with van der Waals surface area (Å²) in [5, 5.41) is 1.96. The van der Waals surface area contributed by atoms with E-state index in [1.54, 1.807) is 23.5 Å². The second kappa shape index (κ2) is 6.84. The third-order valence-corrected chi connectivity index (χ3v) is 2.85. The molecule has 54 valence electrons. The van der Waals surface area contributed by atoms with Crippen LogP contribution in [0.4, 0.5) is 0 Å². The van der Waals surface area contributed by atoms with Crippen LogP contribution >= 0.6 is 35.1 Å². The van der Waals surface area contributed by atoms with E-state index in [0.717, 1.165) is 10.1 Å². The van der Waals surface area contributed by atoms with Gasteiger partial charge in [0.1, 0.15) is 0 Å². The lowest BCUT2D eigenvalue weighted by molar-refractivity contribution is 1.11. The van der Waals surface area contributed by atoms with E-state index in [1.165, 1.54) is 6.42 Å². The van der Waals surface area contributed by atoms with Crippen molar-refractivity contribution >= 4 is 35.1 Å². The van der Waals surface area contributed by atoms with Gasteiger partial charge in [-0.2, -0.15) is 0 Å². The molecule has 0 nitrogen and oxygen atoms in total. The summed E-state index contributed by atoms with van der Waals surface area (Å²) in [5.74, 6) is 1.12. The smallest absolute Gasteiger partial charge is 0.0797 e. The third-order valence-electron chi connectivity index (χ3n) is 0.655. The molecule has 3 heteroatoms. The highest BCUT2D eigenvalue weighted by Gasteiger charge is 1.88. The van der Waals surface area contributed by atoms with Gasteiger partial charge in [0.15, 0.2) is 0 Å². The highest BCUT2D eigenvalue weighted by Crippen LogP contribution is 2.22. The van der Waals surface area contributed by atoms with Gasteiger partial charge in [0.2, 0.25) is 0 Å². The maximum absolute atomic E-state index is 5.76. The van der Waals surface area contributed by atoms with Gasteiger partial charge in [0.25, 0.3) is 0 Å². The molecule has 0 radical (unpaired) electrons. The van der Waals surface area contributed by atoms with Crippen LogP contribution in [0.3, 0.4) is 0 Å². The Morgan fingerprint density at radius 3 is 2.78 bits per heavy atom. The highest BCUT2D eigenvalue weighted by atomic mass is 35.5. The molecule has 0 unspecified atom stereocenters. The van der Waals surface area contributed by atoms with Crippen molar-refractivity contribution in [2.45, 2.75) is 13.3 Å². The first-order valence-corrected chi connectivity index (χ1v) is 5.47. The Bertz CT molecular complexity index is 91.1. The summed E-state index contributed by atoms with van der Waals surface area (Å²) in [6, 6.07) is 0. The zero-order chi connectivity index (χ0) is 7.11.